The van der Waals surface area contributed by atoms with Gasteiger partial charge in [0.25, 0.3) is 0 Å². The monoisotopic (exact) mass is 235 g/mol. The normalized spacial score (nSPS) is 12.8. The Labute approximate surface area is 108 Å². The van der Waals surface area contributed by atoms with Crippen LogP contribution in [-0.4, -0.2) is 21.8 Å². The zero-order chi connectivity index (χ0) is 11.4. The molecule has 0 amide bonds. The van der Waals surface area contributed by atoms with Crippen molar-refractivity contribution in [2.75, 3.05) is 7.11 Å². The zero-order valence-corrected chi connectivity index (χ0v) is 10.1. The molecule has 0 spiro atoms. The van der Waals surface area contributed by atoms with Crippen LogP contribution in [0.15, 0.2) is 28.1 Å². The molecule has 0 fully saturated rings. The second-order valence-corrected chi connectivity index (χ2v) is 3.68. The molecule has 82 valence electrons. The van der Waals surface area contributed by atoms with Crippen LogP contribution in [0.3, 0.4) is 0 Å². The molecule has 0 bridgehead atoms. The van der Waals surface area contributed by atoms with Gasteiger partial charge in [0.1, 0.15) is 11.4 Å². The van der Waals surface area contributed by atoms with Gasteiger partial charge in [-0.1, -0.05) is 0 Å². The van der Waals surface area contributed by atoms with E-state index >= 15 is 0 Å². The molecule has 16 heavy (non-hydrogen) atoms. The number of hydrogen-bond acceptors (Lipinski definition) is 4. The number of hydrogen-bond donors (Lipinski definition) is 1. The number of benzene rings is 1. The van der Waals surface area contributed by atoms with Crippen LogP contribution >= 0.6 is 0 Å². The van der Waals surface area contributed by atoms with E-state index in [9.17, 15) is 9.32 Å². The Morgan fingerprint density at radius 1 is 1.56 bits per heavy atom. The zero-order valence-electron chi connectivity index (χ0n) is 9.26. The second kappa shape index (κ2) is 6.71. The SMILES string of the molecule is COc1cc(S(=O)O)ccc1N=C(C)[O-].[Li+]. The Bertz CT molecular complexity index is 418. The van der Waals surface area contributed by atoms with Crippen molar-refractivity contribution < 1.29 is 37.5 Å². The van der Waals surface area contributed by atoms with Gasteiger partial charge in [-0.2, -0.15) is 0 Å². The van der Waals surface area contributed by atoms with Crippen LogP contribution in [0.4, 0.5) is 5.69 Å². The van der Waals surface area contributed by atoms with Gasteiger partial charge in [0.2, 0.25) is 0 Å². The summed E-state index contributed by atoms with van der Waals surface area (Å²) < 4.78 is 24.5. The summed E-state index contributed by atoms with van der Waals surface area (Å²) >= 11 is -2.07. The average Bonchev–Trinajstić information content (AvgIpc) is 2.17. The van der Waals surface area contributed by atoms with E-state index in [2.05, 4.69) is 4.99 Å². The topological polar surface area (TPSA) is 82.0 Å². The molecule has 1 rings (SSSR count). The predicted molar refractivity (Wildman–Crippen MR) is 54.8 cm³/mol. The Kier molecular flexibility index (Phi) is 6.37. The second-order valence-electron chi connectivity index (χ2n) is 2.71. The molecule has 1 atom stereocenters. The first-order valence-electron chi connectivity index (χ1n) is 4.06. The first-order chi connectivity index (χ1) is 7.04. The molecule has 0 aliphatic rings. The van der Waals surface area contributed by atoms with Gasteiger partial charge in [0.05, 0.1) is 12.0 Å². The molecule has 0 saturated carbocycles. The van der Waals surface area contributed by atoms with Gasteiger partial charge in [-0.05, 0) is 25.0 Å². The smallest absolute Gasteiger partial charge is 0.862 e. The Hall–Kier alpha value is -0.803. The van der Waals surface area contributed by atoms with E-state index in [0.29, 0.717) is 11.4 Å². The molecule has 0 saturated heterocycles. The van der Waals surface area contributed by atoms with Crippen molar-refractivity contribution >= 4 is 22.7 Å². The molecule has 1 unspecified atom stereocenters. The van der Waals surface area contributed by atoms with E-state index in [1.165, 1.54) is 32.2 Å². The largest absolute Gasteiger partial charge is 1.00 e. The maximum absolute atomic E-state index is 10.8. The first-order valence-corrected chi connectivity index (χ1v) is 5.16. The Balaban J connectivity index is 0.00000225. The van der Waals surface area contributed by atoms with Crippen LogP contribution < -0.4 is 28.7 Å². The third-order valence-electron chi connectivity index (χ3n) is 1.63. The standard InChI is InChI=1S/C9H11NO4S.Li/c1-6(11)10-8-4-3-7(15(12)13)5-9(8)14-2;/h3-5H,1-2H3,(H,10,11)(H,12,13);/q;+1/p-1. The van der Waals surface area contributed by atoms with E-state index in [1.54, 1.807) is 0 Å². The average molecular weight is 235 g/mol. The minimum atomic E-state index is -2.07. The van der Waals surface area contributed by atoms with Crippen LogP contribution in [0.2, 0.25) is 0 Å². The van der Waals surface area contributed by atoms with Crippen LogP contribution in [-0.2, 0) is 11.1 Å². The van der Waals surface area contributed by atoms with E-state index in [1.807, 2.05) is 0 Å². The van der Waals surface area contributed by atoms with Gasteiger partial charge in [0.15, 0.2) is 11.1 Å². The predicted octanol–water partition coefficient (Wildman–Crippen LogP) is -2.31. The third-order valence-corrected chi connectivity index (χ3v) is 2.29. The molecular weight excluding hydrogens is 225 g/mol. The van der Waals surface area contributed by atoms with Gasteiger partial charge >= 0.3 is 18.9 Å². The summed E-state index contributed by atoms with van der Waals surface area (Å²) in [6.07, 6.45) is 0. The summed E-state index contributed by atoms with van der Waals surface area (Å²) in [6, 6.07) is 4.25. The summed E-state index contributed by atoms with van der Waals surface area (Å²) in [5, 5.41) is 10.8. The molecule has 1 N–H and O–H groups in total. The maximum Gasteiger partial charge on any atom is 1.00 e. The molecule has 1 aromatic rings. The molecule has 0 heterocycles. The van der Waals surface area contributed by atoms with Gasteiger partial charge in [-0.3, -0.25) is 4.99 Å². The summed E-state index contributed by atoms with van der Waals surface area (Å²) in [7, 11) is 1.40. The fourth-order valence-corrected chi connectivity index (χ4v) is 1.42. The minimum absolute atomic E-state index is 0. The number of ether oxygens (including phenoxy) is 1. The summed E-state index contributed by atoms with van der Waals surface area (Å²) in [6.45, 7) is 1.32. The van der Waals surface area contributed by atoms with Crippen molar-refractivity contribution in [1.29, 1.82) is 0 Å². The van der Waals surface area contributed by atoms with Gasteiger partial charge in [0, 0.05) is 6.07 Å². The fourth-order valence-electron chi connectivity index (χ4n) is 1.03. The molecule has 0 aliphatic heterocycles. The van der Waals surface area contributed by atoms with Crippen molar-refractivity contribution in [2.24, 2.45) is 4.99 Å². The fraction of sp³-hybridized carbons (Fsp3) is 0.222. The number of nitrogens with zero attached hydrogens (tertiary/aromatic N) is 1. The van der Waals surface area contributed by atoms with Crippen LogP contribution in [0.1, 0.15) is 6.92 Å². The van der Waals surface area contributed by atoms with Crippen LogP contribution in [0, 0.1) is 0 Å². The van der Waals surface area contributed by atoms with Gasteiger partial charge in [-0.25, -0.2) is 4.21 Å². The van der Waals surface area contributed by atoms with Crippen LogP contribution in [0.25, 0.3) is 0 Å². The van der Waals surface area contributed by atoms with E-state index < -0.39 is 11.1 Å². The van der Waals surface area contributed by atoms with Gasteiger partial charge < -0.3 is 14.4 Å². The van der Waals surface area contributed by atoms with Crippen molar-refractivity contribution in [2.45, 2.75) is 11.8 Å². The van der Waals surface area contributed by atoms with Crippen molar-refractivity contribution in [3.05, 3.63) is 18.2 Å². The minimum Gasteiger partial charge on any atom is -0.862 e. The van der Waals surface area contributed by atoms with Crippen molar-refractivity contribution in [3.63, 3.8) is 0 Å². The molecule has 0 aromatic heterocycles. The summed E-state index contributed by atoms with van der Waals surface area (Å²) in [4.78, 5) is 3.89. The number of rotatable bonds is 3. The molecular formula is C9H10LiNO4S. The van der Waals surface area contributed by atoms with Gasteiger partial charge in [-0.15, -0.1) is 0 Å². The summed E-state index contributed by atoms with van der Waals surface area (Å²) in [5.41, 5.74) is 0.346. The van der Waals surface area contributed by atoms with Crippen molar-refractivity contribution in [3.8, 4) is 5.75 Å². The van der Waals surface area contributed by atoms with E-state index in [4.69, 9.17) is 9.29 Å². The molecule has 1 aromatic carbocycles. The maximum atomic E-state index is 10.8. The molecule has 0 radical (unpaired) electrons. The van der Waals surface area contributed by atoms with Crippen molar-refractivity contribution in [1.82, 2.24) is 0 Å². The summed E-state index contributed by atoms with van der Waals surface area (Å²) in [5.74, 6) is -0.0590. The molecule has 5 nitrogen and oxygen atoms in total. The Morgan fingerprint density at radius 2 is 2.19 bits per heavy atom. The Morgan fingerprint density at radius 3 is 2.62 bits per heavy atom. The number of methoxy groups -OCH3 is 1. The first kappa shape index (κ1) is 15.2. The van der Waals surface area contributed by atoms with E-state index in [0.717, 1.165) is 0 Å². The van der Waals surface area contributed by atoms with Crippen LogP contribution in [0.5, 0.6) is 5.75 Å². The number of aliphatic imine (C=N–C) groups is 1. The molecule has 0 aliphatic carbocycles. The van der Waals surface area contributed by atoms with E-state index in [-0.39, 0.29) is 29.7 Å². The third kappa shape index (κ3) is 3.98. The quantitative estimate of drug-likeness (QED) is 0.276. The molecule has 7 heteroatoms.